The smallest absolute Gasteiger partial charge is 0.363 e. The van der Waals surface area contributed by atoms with Crippen molar-refractivity contribution in [2.45, 2.75) is 25.6 Å². The van der Waals surface area contributed by atoms with Crippen LogP contribution < -0.4 is 10.6 Å². The lowest BCUT2D eigenvalue weighted by molar-refractivity contribution is -0.138. The second kappa shape index (κ2) is 6.86. The van der Waals surface area contributed by atoms with Crippen LogP contribution in [0.25, 0.3) is 0 Å². The van der Waals surface area contributed by atoms with Gasteiger partial charge in [0.05, 0.1) is 5.56 Å². The second-order valence-corrected chi connectivity index (χ2v) is 5.42. The van der Waals surface area contributed by atoms with E-state index in [1.54, 1.807) is 31.0 Å². The molecule has 0 bridgehead atoms. The van der Waals surface area contributed by atoms with Gasteiger partial charge in [-0.1, -0.05) is 18.2 Å². The molecule has 1 aromatic carbocycles. The maximum absolute atomic E-state index is 13.1. The number of aromatic nitrogens is 2. The van der Waals surface area contributed by atoms with Crippen molar-refractivity contribution in [2.75, 3.05) is 11.9 Å². The van der Waals surface area contributed by atoms with E-state index in [0.29, 0.717) is 5.82 Å². The molecule has 24 heavy (non-hydrogen) atoms. The molecular formula is C16H17F3N4O. The number of halogens is 3. The average Bonchev–Trinajstić information content (AvgIpc) is 2.53. The van der Waals surface area contributed by atoms with Gasteiger partial charge in [-0.15, -0.1) is 0 Å². The summed E-state index contributed by atoms with van der Waals surface area (Å²) < 4.78 is 39.2. The first kappa shape index (κ1) is 17.7. The van der Waals surface area contributed by atoms with Gasteiger partial charge in [0.2, 0.25) is 5.82 Å². The maximum Gasteiger partial charge on any atom is 0.416 e. The number of alkyl halides is 3. The first-order valence-electron chi connectivity index (χ1n) is 7.21. The van der Waals surface area contributed by atoms with E-state index in [1.165, 1.54) is 18.3 Å². The Morgan fingerprint density at radius 2 is 1.96 bits per heavy atom. The van der Waals surface area contributed by atoms with Crippen LogP contribution >= 0.6 is 0 Å². The first-order chi connectivity index (χ1) is 11.2. The van der Waals surface area contributed by atoms with Gasteiger partial charge >= 0.3 is 6.18 Å². The van der Waals surface area contributed by atoms with Gasteiger partial charge in [-0.05, 0) is 31.0 Å². The molecule has 0 fully saturated rings. The maximum atomic E-state index is 13.1. The van der Waals surface area contributed by atoms with Crippen LogP contribution in [0.4, 0.5) is 19.0 Å². The Morgan fingerprint density at radius 1 is 1.29 bits per heavy atom. The number of rotatable bonds is 5. The molecule has 1 amide bonds. The lowest BCUT2D eigenvalue weighted by atomic mass is 10.00. The molecule has 1 aromatic heterocycles. The number of nitrogens with two attached hydrogens (primary N) is 1. The molecule has 0 saturated carbocycles. The van der Waals surface area contributed by atoms with Crippen molar-refractivity contribution in [3.63, 3.8) is 0 Å². The van der Waals surface area contributed by atoms with Crippen molar-refractivity contribution >= 4 is 11.7 Å². The van der Waals surface area contributed by atoms with Crippen LogP contribution in [0, 0.1) is 0 Å². The minimum atomic E-state index is -4.40. The van der Waals surface area contributed by atoms with Crippen molar-refractivity contribution < 1.29 is 18.0 Å². The molecule has 1 heterocycles. The summed E-state index contributed by atoms with van der Waals surface area (Å²) in [5.74, 6) is -0.488. The largest absolute Gasteiger partial charge is 0.416 e. The fourth-order valence-electron chi connectivity index (χ4n) is 2.32. The van der Waals surface area contributed by atoms with Crippen LogP contribution in [-0.2, 0) is 12.6 Å². The van der Waals surface area contributed by atoms with Crippen molar-refractivity contribution in [2.24, 2.45) is 5.73 Å². The normalized spacial score (nSPS) is 12.7. The van der Waals surface area contributed by atoms with E-state index >= 15 is 0 Å². The summed E-state index contributed by atoms with van der Waals surface area (Å²) in [5.41, 5.74) is 4.70. The Morgan fingerprint density at radius 3 is 2.58 bits per heavy atom. The molecule has 128 valence electrons. The first-order valence-corrected chi connectivity index (χ1v) is 7.21. The van der Waals surface area contributed by atoms with Gasteiger partial charge in [-0.2, -0.15) is 13.2 Å². The fourth-order valence-corrected chi connectivity index (χ4v) is 2.32. The fraction of sp³-hybridized carbons (Fsp3) is 0.312. The van der Waals surface area contributed by atoms with E-state index in [1.807, 2.05) is 0 Å². The molecule has 1 unspecified atom stereocenters. The van der Waals surface area contributed by atoms with Gasteiger partial charge in [0.1, 0.15) is 5.82 Å². The van der Waals surface area contributed by atoms with E-state index in [2.05, 4.69) is 9.97 Å². The van der Waals surface area contributed by atoms with Gasteiger partial charge in [0.25, 0.3) is 5.91 Å². The van der Waals surface area contributed by atoms with E-state index in [4.69, 9.17) is 5.73 Å². The molecule has 8 heteroatoms. The predicted molar refractivity (Wildman–Crippen MR) is 83.6 cm³/mol. The molecule has 2 rings (SSSR count). The monoisotopic (exact) mass is 338 g/mol. The number of hydrogen-bond acceptors (Lipinski definition) is 4. The van der Waals surface area contributed by atoms with E-state index in [-0.39, 0.29) is 23.9 Å². The Balaban J connectivity index is 2.23. The number of amides is 1. The van der Waals surface area contributed by atoms with Gasteiger partial charge in [0.15, 0.2) is 0 Å². The number of carbonyl (C=O) groups is 1. The van der Waals surface area contributed by atoms with Crippen molar-refractivity contribution in [3.8, 4) is 0 Å². The third-order valence-corrected chi connectivity index (χ3v) is 3.72. The highest BCUT2D eigenvalue weighted by atomic mass is 19.4. The molecule has 1 atom stereocenters. The third-order valence-electron chi connectivity index (χ3n) is 3.72. The van der Waals surface area contributed by atoms with Gasteiger partial charge < -0.3 is 10.6 Å². The lowest BCUT2D eigenvalue weighted by Crippen LogP contribution is -2.32. The Kier molecular flexibility index (Phi) is 5.06. The summed E-state index contributed by atoms with van der Waals surface area (Å²) in [6.45, 7) is 1.78. The molecule has 0 saturated heterocycles. The van der Waals surface area contributed by atoms with Crippen LogP contribution in [0.15, 0.2) is 36.5 Å². The Bertz CT molecular complexity index is 733. The van der Waals surface area contributed by atoms with Crippen LogP contribution in [0.2, 0.25) is 0 Å². The highest BCUT2D eigenvalue weighted by molar-refractivity contribution is 5.89. The average molecular weight is 338 g/mol. The molecule has 0 aliphatic heterocycles. The third kappa shape index (κ3) is 4.01. The zero-order valence-electron chi connectivity index (χ0n) is 13.2. The second-order valence-electron chi connectivity index (χ2n) is 5.42. The highest BCUT2D eigenvalue weighted by Crippen LogP contribution is 2.32. The molecular weight excluding hydrogens is 321 g/mol. The number of nitrogens with zero attached hydrogens (tertiary/aromatic N) is 3. The number of anilines is 1. The number of likely N-dealkylation sites (N-methyl/N-ethyl adjacent to an activating group) is 1. The summed E-state index contributed by atoms with van der Waals surface area (Å²) >= 11 is 0. The summed E-state index contributed by atoms with van der Waals surface area (Å²) in [4.78, 5) is 20.6. The minimum absolute atomic E-state index is 0.137. The Labute approximate surface area is 137 Å². The lowest BCUT2D eigenvalue weighted by Gasteiger charge is -2.27. The number of benzene rings is 1. The molecule has 2 N–H and O–H groups in total. The zero-order valence-corrected chi connectivity index (χ0v) is 13.2. The quantitative estimate of drug-likeness (QED) is 0.910. The number of carbonyl (C=O) groups excluding carboxylic acids is 1. The van der Waals surface area contributed by atoms with Gasteiger partial charge in [0, 0.05) is 19.3 Å². The van der Waals surface area contributed by atoms with E-state index in [0.717, 1.165) is 6.07 Å². The Hall–Kier alpha value is -2.64. The summed E-state index contributed by atoms with van der Waals surface area (Å²) in [7, 11) is 1.69. The van der Waals surface area contributed by atoms with E-state index in [9.17, 15) is 18.0 Å². The van der Waals surface area contributed by atoms with Crippen molar-refractivity contribution in [1.29, 1.82) is 0 Å². The van der Waals surface area contributed by atoms with Crippen LogP contribution in [0.3, 0.4) is 0 Å². The van der Waals surface area contributed by atoms with Gasteiger partial charge in [-0.25, -0.2) is 9.97 Å². The minimum Gasteiger partial charge on any atom is -0.363 e. The number of primary amides is 1. The molecule has 0 spiro atoms. The van der Waals surface area contributed by atoms with Gasteiger partial charge in [-0.3, -0.25) is 4.79 Å². The summed E-state index contributed by atoms with van der Waals surface area (Å²) in [6, 6.07) is 6.75. The summed E-state index contributed by atoms with van der Waals surface area (Å²) in [5, 5.41) is 0. The zero-order chi connectivity index (χ0) is 17.9. The standard InChI is InChI=1S/C16H17F3N4O/c1-10(9-11-5-3-4-6-12(11)16(17,18)19)23(2)13-7-8-21-15(22-13)14(20)24/h3-8,10H,9H2,1-2H3,(H2,20,24). The molecule has 0 aliphatic carbocycles. The molecule has 5 nitrogen and oxygen atoms in total. The summed E-state index contributed by atoms with van der Waals surface area (Å²) in [6.07, 6.45) is -2.85. The van der Waals surface area contributed by atoms with Crippen LogP contribution in [0.5, 0.6) is 0 Å². The molecule has 2 aromatic rings. The van der Waals surface area contributed by atoms with E-state index < -0.39 is 17.6 Å². The van der Waals surface area contributed by atoms with Crippen LogP contribution in [-0.4, -0.2) is 29.0 Å². The van der Waals surface area contributed by atoms with Crippen molar-refractivity contribution in [1.82, 2.24) is 9.97 Å². The SMILES string of the molecule is CC(Cc1ccccc1C(F)(F)F)N(C)c1ccnc(C(N)=O)n1. The topological polar surface area (TPSA) is 72.1 Å². The molecule has 0 aliphatic rings. The molecule has 0 radical (unpaired) electrons. The van der Waals surface area contributed by atoms with Crippen molar-refractivity contribution in [3.05, 3.63) is 53.5 Å². The van der Waals surface area contributed by atoms with Crippen LogP contribution in [0.1, 0.15) is 28.7 Å². The number of hydrogen-bond donors (Lipinski definition) is 1. The highest BCUT2D eigenvalue weighted by Gasteiger charge is 2.33. The predicted octanol–water partition coefficient (Wildman–Crippen LogP) is 2.66.